The Balaban J connectivity index is -0.0000000150. The Labute approximate surface area is 67.3 Å². The van der Waals surface area contributed by atoms with Crippen LogP contribution in [0.1, 0.15) is 1.43 Å². The zero-order valence-corrected chi connectivity index (χ0v) is 6.66. The average Bonchev–Trinajstić information content (AvgIpc) is 1.37. The Morgan fingerprint density at radius 2 is 1.83 bits per heavy atom. The monoisotopic (exact) mass is 121 g/mol. The summed E-state index contributed by atoms with van der Waals surface area (Å²) >= 11 is 0. The van der Waals surface area contributed by atoms with Crippen LogP contribution in [-0.4, -0.2) is 18.3 Å². The molecule has 0 fully saturated rings. The van der Waals surface area contributed by atoms with Gasteiger partial charge in [-0.25, -0.2) is 0 Å². The van der Waals surface area contributed by atoms with Crippen LogP contribution in [0.5, 0.6) is 0 Å². The zero-order valence-electron chi connectivity index (χ0n) is 4.85. The molecule has 0 aliphatic carbocycles. The summed E-state index contributed by atoms with van der Waals surface area (Å²) in [6.45, 7) is 0.472. The predicted molar refractivity (Wildman–Crippen MR) is 24.5 cm³/mol. The Morgan fingerprint density at radius 1 is 1.67 bits per heavy atom. The average molecular weight is 122 g/mol. The molecule has 2 nitrogen and oxygen atoms in total. The molecule has 0 saturated carbocycles. The van der Waals surface area contributed by atoms with Gasteiger partial charge in [-0.3, -0.25) is 0 Å². The van der Waals surface area contributed by atoms with Gasteiger partial charge in [-0.2, -0.15) is 0 Å². The van der Waals surface area contributed by atoms with Crippen molar-refractivity contribution in [1.29, 1.82) is 0 Å². The molecule has 0 saturated heterocycles. The molecule has 0 spiro atoms. The van der Waals surface area contributed by atoms with Crippen molar-refractivity contribution in [3.8, 4) is 0 Å². The van der Waals surface area contributed by atoms with Gasteiger partial charge in [0.15, 0.2) is 0 Å². The van der Waals surface area contributed by atoms with E-state index >= 15 is 0 Å². The van der Waals surface area contributed by atoms with Crippen LogP contribution in [0, 0.1) is 0 Å². The molecule has 0 aromatic carbocycles. The first-order valence-corrected chi connectivity index (χ1v) is 1.22. The Morgan fingerprint density at radius 3 is 1.83 bits per heavy atom. The van der Waals surface area contributed by atoms with Crippen molar-refractivity contribution in [1.82, 2.24) is 0 Å². The molecular weight excluding hydrogens is 112 g/mol. The molecule has 36 valence electrons. The number of hydrogen-bond donors (Lipinski definition) is 2. The smallest absolute Gasteiger partial charge is 1.00 e. The summed E-state index contributed by atoms with van der Waals surface area (Å²) in [6, 6.07) is 0. The maximum absolute atomic E-state index is 7.75. The molecule has 0 aromatic heterocycles. The van der Waals surface area contributed by atoms with Crippen molar-refractivity contribution < 1.29 is 36.1 Å². The summed E-state index contributed by atoms with van der Waals surface area (Å²) in [5.41, 5.74) is 4.78. The van der Waals surface area contributed by atoms with Gasteiger partial charge in [-0.05, 0) is 0 Å². The van der Waals surface area contributed by atoms with E-state index in [0.717, 1.165) is 0 Å². The predicted octanol–water partition coefficient (Wildman–Crippen LogP) is -3.52. The molecule has 0 bridgehead atoms. The van der Waals surface area contributed by atoms with Crippen LogP contribution >= 0.6 is 12.4 Å². The summed E-state index contributed by atoms with van der Waals surface area (Å²) in [7, 11) is 0. The van der Waals surface area contributed by atoms with Gasteiger partial charge in [0, 0.05) is 6.54 Å². The summed E-state index contributed by atoms with van der Waals surface area (Å²) in [5, 5.41) is 7.75. The second-order valence-electron chi connectivity index (χ2n) is 0.512. The van der Waals surface area contributed by atoms with Crippen LogP contribution in [0.2, 0.25) is 0 Å². The van der Waals surface area contributed by atoms with Gasteiger partial charge < -0.3 is 12.3 Å². The quantitative estimate of drug-likeness (QED) is 0.354. The van der Waals surface area contributed by atoms with Crippen molar-refractivity contribution in [2.24, 2.45) is 5.73 Å². The maximum Gasteiger partial charge on any atom is 1.00 e. The Bertz CT molecular complexity index is 19.7. The fourth-order valence-electron chi connectivity index (χ4n) is 0. The molecule has 0 unspecified atom stereocenters. The second kappa shape index (κ2) is 16.4. The van der Waals surface area contributed by atoms with Crippen LogP contribution in [0.4, 0.5) is 0 Å². The first-order valence-electron chi connectivity index (χ1n) is 1.22. The zero-order chi connectivity index (χ0) is 3.41. The molecule has 0 amide bonds. The van der Waals surface area contributed by atoms with E-state index in [1.807, 2.05) is 0 Å². The largest absolute Gasteiger partial charge is 1.00 e. The fraction of sp³-hybridized carbons (Fsp3) is 1.00. The summed E-state index contributed by atoms with van der Waals surface area (Å²) in [4.78, 5) is 0. The molecule has 0 aliphatic heterocycles. The van der Waals surface area contributed by atoms with E-state index in [9.17, 15) is 0 Å². The van der Waals surface area contributed by atoms with Crippen LogP contribution in [0.3, 0.4) is 0 Å². The van der Waals surface area contributed by atoms with Gasteiger partial charge in [0.1, 0.15) is 0 Å². The van der Waals surface area contributed by atoms with E-state index in [0.29, 0.717) is 6.54 Å². The van der Waals surface area contributed by atoms with E-state index in [1.54, 1.807) is 0 Å². The topological polar surface area (TPSA) is 46.2 Å². The van der Waals surface area contributed by atoms with Crippen molar-refractivity contribution in [2.45, 2.75) is 0 Å². The molecule has 0 heterocycles. The van der Waals surface area contributed by atoms with Crippen LogP contribution in [0.15, 0.2) is 0 Å². The summed E-state index contributed by atoms with van der Waals surface area (Å²) in [6.07, 6.45) is 0. The number of nitrogens with two attached hydrogens (primary N) is 1. The summed E-state index contributed by atoms with van der Waals surface area (Å²) < 4.78 is 0. The fourth-order valence-corrected chi connectivity index (χ4v) is 0. The first-order chi connectivity index (χ1) is 1.91. The number of hydrogen-bond acceptors (Lipinski definition) is 2. The molecule has 0 aromatic rings. The first kappa shape index (κ1) is 15.7. The van der Waals surface area contributed by atoms with Crippen LogP contribution in [-0.2, 0) is 0 Å². The van der Waals surface area contributed by atoms with Crippen molar-refractivity contribution in [3.05, 3.63) is 0 Å². The Kier molecular flexibility index (Phi) is 42.8. The summed E-state index contributed by atoms with van der Waals surface area (Å²) in [5.74, 6) is 0. The minimum Gasteiger partial charge on any atom is -1.00 e. The van der Waals surface area contributed by atoms with Crippen LogP contribution < -0.4 is 35.3 Å². The standard InChI is InChI=1S/C2H7NO.ClH.Na.H/c3-1-2-4;;;/h4H,1-3H2;1H;;/q;;+1;-1. The van der Waals surface area contributed by atoms with Gasteiger partial charge in [0.2, 0.25) is 0 Å². The van der Waals surface area contributed by atoms with Gasteiger partial charge in [-0.1, -0.05) is 0 Å². The van der Waals surface area contributed by atoms with E-state index in [4.69, 9.17) is 10.8 Å². The van der Waals surface area contributed by atoms with Crippen molar-refractivity contribution in [2.75, 3.05) is 13.2 Å². The maximum atomic E-state index is 7.75. The molecule has 6 heavy (non-hydrogen) atoms. The number of rotatable bonds is 1. The molecule has 0 radical (unpaired) electrons. The van der Waals surface area contributed by atoms with Gasteiger partial charge in [0.05, 0.1) is 6.61 Å². The van der Waals surface area contributed by atoms with Crippen molar-refractivity contribution >= 4 is 12.4 Å². The van der Waals surface area contributed by atoms with E-state index in [2.05, 4.69) is 0 Å². The minimum atomic E-state index is 0. The van der Waals surface area contributed by atoms with Gasteiger partial charge in [-0.15, -0.1) is 12.4 Å². The minimum absolute atomic E-state index is 0. The van der Waals surface area contributed by atoms with E-state index in [-0.39, 0.29) is 50.0 Å². The molecule has 3 N–H and O–H groups in total. The van der Waals surface area contributed by atoms with Gasteiger partial charge in [0.25, 0.3) is 0 Å². The number of aliphatic hydroxyl groups excluding tert-OH is 1. The third kappa shape index (κ3) is 18.9. The molecule has 0 atom stereocenters. The van der Waals surface area contributed by atoms with Crippen molar-refractivity contribution in [3.63, 3.8) is 0 Å². The normalized spacial score (nSPS) is 5.00. The number of halogens is 1. The van der Waals surface area contributed by atoms with E-state index < -0.39 is 0 Å². The SMILES string of the molecule is Cl.NCCO.[H-].[Na+]. The molecule has 0 aliphatic rings. The number of aliphatic hydroxyl groups is 1. The van der Waals surface area contributed by atoms with Crippen LogP contribution in [0.25, 0.3) is 0 Å². The van der Waals surface area contributed by atoms with Gasteiger partial charge >= 0.3 is 29.6 Å². The van der Waals surface area contributed by atoms with E-state index in [1.165, 1.54) is 0 Å². The third-order valence-electron chi connectivity index (χ3n) is 0.129. The Hall–Kier alpha value is 1.21. The molecule has 0 rings (SSSR count). The molecular formula is C2H9ClNNaO. The third-order valence-corrected chi connectivity index (χ3v) is 0.129. The molecule has 4 heteroatoms. The second-order valence-corrected chi connectivity index (χ2v) is 0.512.